The van der Waals surface area contributed by atoms with Gasteiger partial charge in [-0.2, -0.15) is 13.9 Å². The van der Waals surface area contributed by atoms with Crippen LogP contribution in [0.15, 0.2) is 88.3 Å². The largest absolute Gasteiger partial charge is 0.458 e. The van der Waals surface area contributed by atoms with Gasteiger partial charge in [-0.05, 0) is 48.9 Å². The molecule has 6 rings (SSSR count). The van der Waals surface area contributed by atoms with Crippen LogP contribution in [0.25, 0.3) is 44.4 Å². The third-order valence-electron chi connectivity index (χ3n) is 6.54. The van der Waals surface area contributed by atoms with Crippen LogP contribution in [0.2, 0.25) is 0 Å². The normalized spacial score (nSPS) is 12.3. The van der Waals surface area contributed by atoms with Crippen molar-refractivity contribution in [3.8, 4) is 28.1 Å². The molecule has 11 heteroatoms. The predicted molar refractivity (Wildman–Crippen MR) is 143 cm³/mol. The monoisotopic (exact) mass is 543 g/mol. The molecule has 0 bridgehead atoms. The second-order valence-corrected chi connectivity index (χ2v) is 9.01. The lowest BCUT2D eigenvalue weighted by Crippen LogP contribution is -2.16. The standard InChI is InChI=1S/C29H20F3N5O3/c1-15(26-22(16-6-4-8-18(30)12-16)25(38)20-10-2-3-11-21(20)40-26)37-28-23(27(33)34-14-35-28)24(36-37)17-7-5-9-19(13-17)39-29(31)32/h2-15,29H,1H3,(H2,33,34,35). The van der Waals surface area contributed by atoms with Crippen LogP contribution in [0.5, 0.6) is 5.75 Å². The summed E-state index contributed by atoms with van der Waals surface area (Å²) in [6.45, 7) is -1.25. The van der Waals surface area contributed by atoms with Gasteiger partial charge in [0.2, 0.25) is 5.43 Å². The molecule has 0 saturated heterocycles. The molecule has 40 heavy (non-hydrogen) atoms. The van der Waals surface area contributed by atoms with Gasteiger partial charge in [0, 0.05) is 5.56 Å². The predicted octanol–water partition coefficient (Wildman–Crippen LogP) is 6.20. The van der Waals surface area contributed by atoms with E-state index in [2.05, 4.69) is 14.7 Å². The molecule has 3 aromatic heterocycles. The van der Waals surface area contributed by atoms with E-state index in [4.69, 9.17) is 15.2 Å². The van der Waals surface area contributed by atoms with Gasteiger partial charge in [0.05, 0.1) is 16.3 Å². The van der Waals surface area contributed by atoms with Crippen LogP contribution in [-0.2, 0) is 0 Å². The minimum atomic E-state index is -3.00. The zero-order valence-corrected chi connectivity index (χ0v) is 20.9. The Morgan fingerprint density at radius 2 is 1.75 bits per heavy atom. The number of aromatic nitrogens is 4. The van der Waals surface area contributed by atoms with Crippen molar-refractivity contribution >= 4 is 27.8 Å². The molecular weight excluding hydrogens is 523 g/mol. The smallest absolute Gasteiger partial charge is 0.387 e. The van der Waals surface area contributed by atoms with Gasteiger partial charge in [0.1, 0.15) is 46.8 Å². The molecule has 0 radical (unpaired) electrons. The van der Waals surface area contributed by atoms with Crippen molar-refractivity contribution in [3.05, 3.63) is 101 Å². The van der Waals surface area contributed by atoms with Crippen LogP contribution in [0, 0.1) is 5.82 Å². The van der Waals surface area contributed by atoms with Crippen molar-refractivity contribution in [1.29, 1.82) is 0 Å². The Hall–Kier alpha value is -5.19. The summed E-state index contributed by atoms with van der Waals surface area (Å²) in [6, 6.07) is 17.7. The Labute approximate surface area is 224 Å². The van der Waals surface area contributed by atoms with E-state index >= 15 is 0 Å². The van der Waals surface area contributed by atoms with E-state index in [1.165, 1.54) is 41.3 Å². The number of rotatable bonds is 6. The van der Waals surface area contributed by atoms with Gasteiger partial charge >= 0.3 is 6.61 Å². The van der Waals surface area contributed by atoms with Crippen LogP contribution in [0.4, 0.5) is 19.0 Å². The van der Waals surface area contributed by atoms with Crippen molar-refractivity contribution in [2.45, 2.75) is 19.6 Å². The SMILES string of the molecule is CC(c1oc2ccccc2c(=O)c1-c1cccc(F)c1)n1nc(-c2cccc(OC(F)F)c2)c2c(N)ncnc21. The number of halogens is 3. The summed E-state index contributed by atoms with van der Waals surface area (Å²) < 4.78 is 52.4. The maximum absolute atomic E-state index is 14.3. The topological polar surface area (TPSA) is 109 Å². The Balaban J connectivity index is 1.60. The maximum atomic E-state index is 14.3. The number of hydrogen-bond donors (Lipinski definition) is 1. The molecule has 3 heterocycles. The van der Waals surface area contributed by atoms with Crippen LogP contribution in [0.1, 0.15) is 18.7 Å². The molecule has 6 aromatic rings. The molecular formula is C29H20F3N5O3. The minimum Gasteiger partial charge on any atom is -0.458 e. The number of para-hydroxylation sites is 1. The first kappa shape index (κ1) is 25.1. The first-order valence-corrected chi connectivity index (χ1v) is 12.2. The van der Waals surface area contributed by atoms with E-state index in [9.17, 15) is 18.0 Å². The van der Waals surface area contributed by atoms with Crippen molar-refractivity contribution in [3.63, 3.8) is 0 Å². The molecule has 1 unspecified atom stereocenters. The fraction of sp³-hybridized carbons (Fsp3) is 0.103. The number of benzene rings is 3. The summed E-state index contributed by atoms with van der Waals surface area (Å²) in [5, 5.41) is 5.45. The molecule has 0 aliphatic heterocycles. The van der Waals surface area contributed by atoms with Gasteiger partial charge < -0.3 is 14.9 Å². The van der Waals surface area contributed by atoms with Crippen molar-refractivity contribution in [2.75, 3.05) is 5.73 Å². The fourth-order valence-corrected chi connectivity index (χ4v) is 4.77. The van der Waals surface area contributed by atoms with Gasteiger partial charge in [-0.25, -0.2) is 19.0 Å². The maximum Gasteiger partial charge on any atom is 0.387 e. The number of nitrogens with zero attached hydrogens (tertiary/aromatic N) is 4. The molecule has 8 nitrogen and oxygen atoms in total. The van der Waals surface area contributed by atoms with E-state index in [-0.39, 0.29) is 28.3 Å². The number of hydrogen-bond acceptors (Lipinski definition) is 7. The van der Waals surface area contributed by atoms with E-state index in [0.717, 1.165) is 0 Å². The van der Waals surface area contributed by atoms with Crippen LogP contribution in [0.3, 0.4) is 0 Å². The fourth-order valence-electron chi connectivity index (χ4n) is 4.77. The Morgan fingerprint density at radius 3 is 2.55 bits per heavy atom. The summed E-state index contributed by atoms with van der Waals surface area (Å²) in [5.74, 6) is -0.240. The summed E-state index contributed by atoms with van der Waals surface area (Å²) in [4.78, 5) is 22.2. The highest BCUT2D eigenvalue weighted by atomic mass is 19.3. The van der Waals surface area contributed by atoms with Gasteiger partial charge in [-0.3, -0.25) is 4.79 Å². The summed E-state index contributed by atoms with van der Waals surface area (Å²) >= 11 is 0. The quantitative estimate of drug-likeness (QED) is 0.266. The van der Waals surface area contributed by atoms with Crippen LogP contribution >= 0.6 is 0 Å². The van der Waals surface area contributed by atoms with Gasteiger partial charge in [-0.15, -0.1) is 0 Å². The van der Waals surface area contributed by atoms with E-state index in [1.54, 1.807) is 49.4 Å². The Morgan fingerprint density at radius 1 is 0.975 bits per heavy atom. The van der Waals surface area contributed by atoms with Gasteiger partial charge in [0.25, 0.3) is 0 Å². The first-order valence-electron chi connectivity index (χ1n) is 12.2. The number of nitrogen functional groups attached to an aromatic ring is 1. The molecule has 200 valence electrons. The van der Waals surface area contributed by atoms with Crippen LogP contribution in [-0.4, -0.2) is 26.4 Å². The average molecular weight is 544 g/mol. The molecule has 0 fully saturated rings. The highest BCUT2D eigenvalue weighted by Crippen LogP contribution is 2.37. The number of ether oxygens (including phenoxy) is 1. The number of alkyl halides is 2. The highest BCUT2D eigenvalue weighted by molar-refractivity contribution is 5.98. The molecule has 0 aliphatic rings. The molecule has 0 saturated carbocycles. The number of fused-ring (bicyclic) bond motifs is 2. The second kappa shape index (κ2) is 9.84. The lowest BCUT2D eigenvalue weighted by Gasteiger charge is -2.17. The minimum absolute atomic E-state index is 0.0624. The lowest BCUT2D eigenvalue weighted by molar-refractivity contribution is -0.0498. The third-order valence-corrected chi connectivity index (χ3v) is 6.54. The van der Waals surface area contributed by atoms with Crippen molar-refractivity contribution in [1.82, 2.24) is 19.7 Å². The molecule has 3 aromatic carbocycles. The second-order valence-electron chi connectivity index (χ2n) is 9.01. The average Bonchev–Trinajstić information content (AvgIpc) is 3.33. The number of nitrogens with two attached hydrogens (primary N) is 1. The summed E-state index contributed by atoms with van der Waals surface area (Å²) in [6.07, 6.45) is 1.27. The molecule has 1 atom stereocenters. The Kier molecular flexibility index (Phi) is 6.18. The van der Waals surface area contributed by atoms with E-state index < -0.39 is 18.5 Å². The first-order chi connectivity index (χ1) is 19.3. The summed E-state index contributed by atoms with van der Waals surface area (Å²) in [7, 11) is 0. The Bertz CT molecular complexity index is 1950. The van der Waals surface area contributed by atoms with Crippen molar-refractivity contribution < 1.29 is 22.3 Å². The van der Waals surface area contributed by atoms with Crippen LogP contribution < -0.4 is 15.9 Å². The zero-order valence-electron chi connectivity index (χ0n) is 20.9. The molecule has 2 N–H and O–H groups in total. The lowest BCUT2D eigenvalue weighted by atomic mass is 9.99. The molecule has 0 spiro atoms. The van der Waals surface area contributed by atoms with Gasteiger partial charge in [0.15, 0.2) is 5.65 Å². The third kappa shape index (κ3) is 4.31. The van der Waals surface area contributed by atoms with E-state index in [1.807, 2.05) is 0 Å². The highest BCUT2D eigenvalue weighted by Gasteiger charge is 2.27. The zero-order chi connectivity index (χ0) is 28.0. The molecule has 0 amide bonds. The van der Waals surface area contributed by atoms with E-state index in [0.29, 0.717) is 38.8 Å². The van der Waals surface area contributed by atoms with Gasteiger partial charge in [-0.1, -0.05) is 36.4 Å². The van der Waals surface area contributed by atoms with Crippen molar-refractivity contribution in [2.24, 2.45) is 0 Å². The summed E-state index contributed by atoms with van der Waals surface area (Å²) in [5.41, 5.74) is 7.81. The number of anilines is 1. The molecule has 0 aliphatic carbocycles.